The Bertz CT molecular complexity index is 63.9. The lowest BCUT2D eigenvalue weighted by molar-refractivity contribution is 0.260. The summed E-state index contributed by atoms with van der Waals surface area (Å²) in [5.41, 5.74) is 0. The molecule has 0 aliphatic heterocycles. The third kappa shape index (κ3) is 3.70. The van der Waals surface area contributed by atoms with Gasteiger partial charge in [-0.3, -0.25) is 0 Å². The third-order valence-corrected chi connectivity index (χ3v) is 2.46. The number of nitrogens with zero attached hydrogens (tertiary/aromatic N) is 1. The minimum Gasteiger partial charge on any atom is -0.305 e. The molecule has 0 atom stereocenters. The number of hydrogen-bond donors (Lipinski definition) is 0. The standard InChI is InChI=1S/C7H19NSi/c1-4-5-8(6-9)7(2)3/h7H,4-6H2,1-3,9H3. The molecule has 0 unspecified atom stereocenters. The van der Waals surface area contributed by atoms with Crippen molar-refractivity contribution < 1.29 is 0 Å². The van der Waals surface area contributed by atoms with Crippen molar-refractivity contribution in [3.63, 3.8) is 0 Å². The summed E-state index contributed by atoms with van der Waals surface area (Å²) in [5, 5.41) is 0. The lowest BCUT2D eigenvalue weighted by atomic mass is 10.3. The molecular weight excluding hydrogens is 126 g/mol. The molecule has 0 bridgehead atoms. The minimum absolute atomic E-state index is 0.752. The van der Waals surface area contributed by atoms with Gasteiger partial charge in [0, 0.05) is 16.3 Å². The maximum atomic E-state index is 2.53. The molecule has 56 valence electrons. The van der Waals surface area contributed by atoms with Crippen molar-refractivity contribution in [1.82, 2.24) is 4.90 Å². The van der Waals surface area contributed by atoms with Crippen LogP contribution in [0.3, 0.4) is 0 Å². The zero-order valence-electron chi connectivity index (χ0n) is 7.15. The Morgan fingerprint density at radius 1 is 1.44 bits per heavy atom. The fourth-order valence-electron chi connectivity index (χ4n) is 1.07. The van der Waals surface area contributed by atoms with Crippen LogP contribution in [-0.4, -0.2) is 33.9 Å². The molecule has 0 aromatic rings. The first-order chi connectivity index (χ1) is 4.22. The fraction of sp³-hybridized carbons (Fsp3) is 1.00. The molecule has 1 nitrogen and oxygen atoms in total. The molecule has 0 amide bonds. The Balaban J connectivity index is 3.41. The Morgan fingerprint density at radius 2 is 2.00 bits per heavy atom. The van der Waals surface area contributed by atoms with Gasteiger partial charge < -0.3 is 4.90 Å². The van der Waals surface area contributed by atoms with E-state index in [-0.39, 0.29) is 0 Å². The molecule has 0 fully saturated rings. The van der Waals surface area contributed by atoms with E-state index in [0.29, 0.717) is 0 Å². The Labute approximate surface area is 61.9 Å². The molecule has 0 aliphatic rings. The summed E-state index contributed by atoms with van der Waals surface area (Å²) in [7, 11) is 1.31. The van der Waals surface area contributed by atoms with Crippen molar-refractivity contribution in [2.75, 3.05) is 12.7 Å². The molecule has 2 heteroatoms. The van der Waals surface area contributed by atoms with Gasteiger partial charge in [0.25, 0.3) is 0 Å². The lowest BCUT2D eigenvalue weighted by Gasteiger charge is -2.23. The van der Waals surface area contributed by atoms with Crippen molar-refractivity contribution >= 4 is 10.2 Å². The number of hydrogen-bond acceptors (Lipinski definition) is 1. The number of rotatable bonds is 4. The van der Waals surface area contributed by atoms with E-state index in [4.69, 9.17) is 0 Å². The average molecular weight is 145 g/mol. The molecule has 0 saturated heterocycles. The second-order valence-electron chi connectivity index (χ2n) is 2.72. The lowest BCUT2D eigenvalue weighted by Crippen LogP contribution is -2.32. The van der Waals surface area contributed by atoms with Gasteiger partial charge in [0.1, 0.15) is 0 Å². The monoisotopic (exact) mass is 145 g/mol. The highest BCUT2D eigenvalue weighted by Gasteiger charge is 2.02. The van der Waals surface area contributed by atoms with E-state index < -0.39 is 0 Å². The first-order valence-corrected chi connectivity index (χ1v) is 5.37. The molecule has 0 spiro atoms. The van der Waals surface area contributed by atoms with Gasteiger partial charge in [-0.2, -0.15) is 0 Å². The highest BCUT2D eigenvalue weighted by atomic mass is 28.1. The van der Waals surface area contributed by atoms with E-state index in [1.54, 1.807) is 0 Å². The summed E-state index contributed by atoms with van der Waals surface area (Å²) in [4.78, 5) is 2.53. The molecule has 0 rings (SSSR count). The van der Waals surface area contributed by atoms with E-state index in [9.17, 15) is 0 Å². The first-order valence-electron chi connectivity index (χ1n) is 3.96. The van der Waals surface area contributed by atoms with Gasteiger partial charge in [-0.1, -0.05) is 6.92 Å². The summed E-state index contributed by atoms with van der Waals surface area (Å²) < 4.78 is 0. The molecule has 0 radical (unpaired) electrons. The van der Waals surface area contributed by atoms with Crippen molar-refractivity contribution in [3.8, 4) is 0 Å². The van der Waals surface area contributed by atoms with Crippen molar-refractivity contribution in [2.24, 2.45) is 0 Å². The average Bonchev–Trinajstić information content (AvgIpc) is 1.82. The Morgan fingerprint density at radius 3 is 2.11 bits per heavy atom. The van der Waals surface area contributed by atoms with Crippen LogP contribution in [0.5, 0.6) is 0 Å². The molecule has 0 aromatic heterocycles. The first kappa shape index (κ1) is 9.18. The van der Waals surface area contributed by atoms with Gasteiger partial charge >= 0.3 is 0 Å². The minimum atomic E-state index is 0.752. The summed E-state index contributed by atoms with van der Waals surface area (Å²) in [5.74, 6) is 0. The Kier molecular flexibility index (Phi) is 5.10. The fourth-order valence-corrected chi connectivity index (χ4v) is 2.12. The maximum Gasteiger partial charge on any atom is 0.0205 e. The molecular formula is C7H19NSi. The van der Waals surface area contributed by atoms with E-state index in [1.807, 2.05) is 0 Å². The summed E-state index contributed by atoms with van der Waals surface area (Å²) in [6.07, 6.45) is 2.62. The van der Waals surface area contributed by atoms with Crippen LogP contribution in [0.2, 0.25) is 0 Å². The second kappa shape index (κ2) is 5.00. The summed E-state index contributed by atoms with van der Waals surface area (Å²) >= 11 is 0. The molecule has 0 saturated carbocycles. The van der Waals surface area contributed by atoms with Gasteiger partial charge in [-0.05, 0) is 33.0 Å². The highest BCUT2D eigenvalue weighted by Crippen LogP contribution is 1.96. The van der Waals surface area contributed by atoms with Crippen LogP contribution in [0.15, 0.2) is 0 Å². The predicted octanol–water partition coefficient (Wildman–Crippen LogP) is 0.430. The molecule has 0 aromatic carbocycles. The largest absolute Gasteiger partial charge is 0.305 e. The van der Waals surface area contributed by atoms with Crippen LogP contribution in [-0.2, 0) is 0 Å². The van der Waals surface area contributed by atoms with Crippen LogP contribution in [0.4, 0.5) is 0 Å². The summed E-state index contributed by atoms with van der Waals surface area (Å²) in [6, 6.07) is 0.752. The SMILES string of the molecule is CCCN(C[SiH3])C(C)C. The maximum absolute atomic E-state index is 2.53. The predicted molar refractivity (Wildman–Crippen MR) is 46.9 cm³/mol. The van der Waals surface area contributed by atoms with E-state index >= 15 is 0 Å². The van der Waals surface area contributed by atoms with Gasteiger partial charge in [-0.25, -0.2) is 0 Å². The second-order valence-corrected chi connectivity index (χ2v) is 3.35. The van der Waals surface area contributed by atoms with Gasteiger partial charge in [0.2, 0.25) is 0 Å². The molecule has 0 aliphatic carbocycles. The van der Waals surface area contributed by atoms with Crippen molar-refractivity contribution in [3.05, 3.63) is 0 Å². The van der Waals surface area contributed by atoms with E-state index in [2.05, 4.69) is 25.7 Å². The Hall–Kier alpha value is 0.177. The van der Waals surface area contributed by atoms with Crippen LogP contribution < -0.4 is 0 Å². The zero-order valence-corrected chi connectivity index (χ0v) is 9.15. The topological polar surface area (TPSA) is 3.24 Å². The normalized spacial score (nSPS) is 11.7. The van der Waals surface area contributed by atoms with Gasteiger partial charge in [0.15, 0.2) is 0 Å². The zero-order chi connectivity index (χ0) is 7.28. The van der Waals surface area contributed by atoms with Gasteiger partial charge in [-0.15, -0.1) is 0 Å². The third-order valence-electron chi connectivity index (χ3n) is 1.65. The summed E-state index contributed by atoms with van der Waals surface area (Å²) in [6.45, 7) is 8.06. The van der Waals surface area contributed by atoms with Crippen molar-refractivity contribution in [2.45, 2.75) is 33.2 Å². The van der Waals surface area contributed by atoms with Crippen LogP contribution in [0, 0.1) is 0 Å². The smallest absolute Gasteiger partial charge is 0.0205 e. The van der Waals surface area contributed by atoms with E-state index in [1.165, 1.54) is 29.4 Å². The quantitative estimate of drug-likeness (QED) is 0.519. The molecule has 9 heavy (non-hydrogen) atoms. The van der Waals surface area contributed by atoms with Gasteiger partial charge in [0.05, 0.1) is 0 Å². The van der Waals surface area contributed by atoms with Crippen LogP contribution >= 0.6 is 0 Å². The van der Waals surface area contributed by atoms with Crippen LogP contribution in [0.25, 0.3) is 0 Å². The van der Waals surface area contributed by atoms with Crippen molar-refractivity contribution in [1.29, 1.82) is 0 Å². The van der Waals surface area contributed by atoms with E-state index in [0.717, 1.165) is 6.04 Å². The van der Waals surface area contributed by atoms with Crippen LogP contribution in [0.1, 0.15) is 27.2 Å². The highest BCUT2D eigenvalue weighted by molar-refractivity contribution is 6.08. The molecule has 0 heterocycles. The molecule has 0 N–H and O–H groups in total.